The number of halogens is 1. The van der Waals surface area contributed by atoms with Crippen molar-refractivity contribution in [3.63, 3.8) is 0 Å². The minimum absolute atomic E-state index is 0.0636. The molecule has 0 aliphatic carbocycles. The molecule has 0 aliphatic heterocycles. The molecule has 0 spiro atoms. The summed E-state index contributed by atoms with van der Waals surface area (Å²) in [5.74, 6) is 5.17. The Labute approximate surface area is 100 Å². The summed E-state index contributed by atoms with van der Waals surface area (Å²) in [6.45, 7) is 0. The summed E-state index contributed by atoms with van der Waals surface area (Å²) in [5.41, 5.74) is 6.58. The Morgan fingerprint density at radius 1 is 1.62 bits per heavy atom. The lowest BCUT2D eigenvalue weighted by Gasteiger charge is -1.91. The standard InChI is InChI=1S/C11H8BrN3O/c12-8-4-9-7(2-1-3-10(13)16)5-14-11(9)15-6-8/h4-6H,3H2,(H2,13,16)(H,14,15). The molecule has 0 bridgehead atoms. The van der Waals surface area contributed by atoms with Gasteiger partial charge >= 0.3 is 0 Å². The van der Waals surface area contributed by atoms with Gasteiger partial charge in [0.05, 0.1) is 12.0 Å². The maximum Gasteiger partial charge on any atom is 0.229 e. The topological polar surface area (TPSA) is 71.8 Å². The number of carbonyl (C=O) groups is 1. The Balaban J connectivity index is 2.40. The van der Waals surface area contributed by atoms with Crippen molar-refractivity contribution in [2.24, 2.45) is 5.73 Å². The van der Waals surface area contributed by atoms with E-state index in [2.05, 4.69) is 37.7 Å². The molecule has 1 amide bonds. The Bertz CT molecular complexity index is 606. The minimum Gasteiger partial charge on any atom is -0.369 e. The van der Waals surface area contributed by atoms with Crippen LogP contribution in [0.3, 0.4) is 0 Å². The Morgan fingerprint density at radius 2 is 2.44 bits per heavy atom. The molecule has 16 heavy (non-hydrogen) atoms. The molecule has 0 fully saturated rings. The first kappa shape index (κ1) is 10.7. The molecule has 0 aromatic carbocycles. The van der Waals surface area contributed by atoms with E-state index in [1.165, 1.54) is 0 Å². The van der Waals surface area contributed by atoms with Gasteiger partial charge in [0.25, 0.3) is 0 Å². The van der Waals surface area contributed by atoms with Gasteiger partial charge in [0.1, 0.15) is 5.65 Å². The first-order valence-corrected chi connectivity index (χ1v) is 5.36. The number of primary amides is 1. The maximum absolute atomic E-state index is 10.5. The third kappa shape index (κ3) is 2.23. The van der Waals surface area contributed by atoms with Crippen molar-refractivity contribution < 1.29 is 4.79 Å². The van der Waals surface area contributed by atoms with E-state index in [1.807, 2.05) is 6.07 Å². The number of hydrogen-bond donors (Lipinski definition) is 2. The summed E-state index contributed by atoms with van der Waals surface area (Å²) >= 11 is 3.34. The minimum atomic E-state index is -0.424. The number of nitrogens with one attached hydrogen (secondary N) is 1. The average molecular weight is 278 g/mol. The van der Waals surface area contributed by atoms with Crippen LogP contribution < -0.4 is 5.73 Å². The van der Waals surface area contributed by atoms with Crippen molar-refractivity contribution in [2.45, 2.75) is 6.42 Å². The van der Waals surface area contributed by atoms with Gasteiger partial charge in [-0.15, -0.1) is 0 Å². The van der Waals surface area contributed by atoms with Gasteiger partial charge in [-0.3, -0.25) is 4.79 Å². The van der Waals surface area contributed by atoms with Crippen LogP contribution in [0.5, 0.6) is 0 Å². The van der Waals surface area contributed by atoms with Gasteiger partial charge < -0.3 is 10.7 Å². The number of nitrogens with two attached hydrogens (primary N) is 1. The molecule has 0 saturated heterocycles. The fourth-order valence-electron chi connectivity index (χ4n) is 1.31. The van der Waals surface area contributed by atoms with Gasteiger partial charge in [0.2, 0.25) is 5.91 Å². The molecule has 4 nitrogen and oxygen atoms in total. The van der Waals surface area contributed by atoms with E-state index in [0.717, 1.165) is 21.1 Å². The normalized spacial score (nSPS) is 9.81. The Morgan fingerprint density at radius 3 is 3.19 bits per heavy atom. The van der Waals surface area contributed by atoms with Gasteiger partial charge in [0.15, 0.2) is 0 Å². The monoisotopic (exact) mass is 277 g/mol. The van der Waals surface area contributed by atoms with E-state index < -0.39 is 5.91 Å². The lowest BCUT2D eigenvalue weighted by atomic mass is 10.2. The number of nitrogens with zero attached hydrogens (tertiary/aromatic N) is 1. The van der Waals surface area contributed by atoms with E-state index >= 15 is 0 Å². The molecule has 2 heterocycles. The van der Waals surface area contributed by atoms with Gasteiger partial charge in [-0.25, -0.2) is 4.98 Å². The van der Waals surface area contributed by atoms with Gasteiger partial charge in [-0.1, -0.05) is 11.8 Å². The second-order valence-electron chi connectivity index (χ2n) is 3.20. The first-order valence-electron chi connectivity index (χ1n) is 4.56. The van der Waals surface area contributed by atoms with Crippen LogP contribution in [-0.4, -0.2) is 15.9 Å². The maximum atomic E-state index is 10.5. The highest BCUT2D eigenvalue weighted by molar-refractivity contribution is 9.10. The summed E-state index contributed by atoms with van der Waals surface area (Å²) < 4.78 is 0.887. The van der Waals surface area contributed by atoms with Crippen molar-refractivity contribution in [1.82, 2.24) is 9.97 Å². The quantitative estimate of drug-likeness (QED) is 0.777. The van der Waals surface area contributed by atoms with Crippen LogP contribution in [0, 0.1) is 11.8 Å². The number of fused-ring (bicyclic) bond motifs is 1. The molecule has 0 saturated carbocycles. The summed E-state index contributed by atoms with van der Waals surface area (Å²) in [6.07, 6.45) is 3.53. The SMILES string of the molecule is NC(=O)CC#Cc1c[nH]c2ncc(Br)cc12. The third-order valence-electron chi connectivity index (χ3n) is 1.98. The van der Waals surface area contributed by atoms with Crippen LogP contribution in [0.2, 0.25) is 0 Å². The van der Waals surface area contributed by atoms with Gasteiger partial charge in [-0.05, 0) is 22.0 Å². The van der Waals surface area contributed by atoms with Crippen molar-refractivity contribution in [3.8, 4) is 11.8 Å². The molecule has 5 heteroatoms. The zero-order chi connectivity index (χ0) is 11.5. The average Bonchev–Trinajstić information content (AvgIpc) is 2.60. The second-order valence-corrected chi connectivity index (χ2v) is 4.11. The lowest BCUT2D eigenvalue weighted by molar-refractivity contribution is -0.117. The molecular formula is C11H8BrN3O. The van der Waals surface area contributed by atoms with Crippen LogP contribution in [0.15, 0.2) is 22.9 Å². The molecule has 2 rings (SSSR count). The number of carbonyl (C=O) groups excluding carboxylic acids is 1. The number of rotatable bonds is 1. The summed E-state index contributed by atoms with van der Waals surface area (Å²) in [7, 11) is 0. The molecule has 0 unspecified atom stereocenters. The highest BCUT2D eigenvalue weighted by atomic mass is 79.9. The first-order chi connectivity index (χ1) is 7.66. The number of aromatic amines is 1. The molecule has 2 aromatic rings. The largest absolute Gasteiger partial charge is 0.369 e. The predicted octanol–water partition coefficient (Wildman–Crippen LogP) is 1.55. The molecule has 0 atom stereocenters. The highest BCUT2D eigenvalue weighted by Gasteiger charge is 2.02. The fourth-order valence-corrected chi connectivity index (χ4v) is 1.64. The van der Waals surface area contributed by atoms with Crippen LogP contribution in [0.1, 0.15) is 12.0 Å². The van der Waals surface area contributed by atoms with Gasteiger partial charge in [0, 0.05) is 22.3 Å². The zero-order valence-corrected chi connectivity index (χ0v) is 9.84. The zero-order valence-electron chi connectivity index (χ0n) is 8.25. The van der Waals surface area contributed by atoms with E-state index in [-0.39, 0.29) is 6.42 Å². The lowest BCUT2D eigenvalue weighted by Crippen LogP contribution is -2.08. The smallest absolute Gasteiger partial charge is 0.229 e. The number of H-pyrrole nitrogens is 1. The van der Waals surface area contributed by atoms with E-state index in [1.54, 1.807) is 12.4 Å². The summed E-state index contributed by atoms with van der Waals surface area (Å²) in [6, 6.07) is 1.92. The van der Waals surface area contributed by atoms with Crippen molar-refractivity contribution >= 4 is 32.9 Å². The van der Waals surface area contributed by atoms with E-state index in [9.17, 15) is 4.79 Å². The molecule has 80 valence electrons. The summed E-state index contributed by atoms with van der Waals surface area (Å²) in [5, 5.41) is 0.923. The van der Waals surface area contributed by atoms with Crippen molar-refractivity contribution in [3.05, 3.63) is 28.5 Å². The van der Waals surface area contributed by atoms with E-state index in [0.29, 0.717) is 0 Å². The number of amides is 1. The Hall–Kier alpha value is -1.80. The predicted molar refractivity (Wildman–Crippen MR) is 64.5 cm³/mol. The van der Waals surface area contributed by atoms with Gasteiger partial charge in [-0.2, -0.15) is 0 Å². The van der Waals surface area contributed by atoms with Crippen molar-refractivity contribution in [2.75, 3.05) is 0 Å². The molecule has 3 N–H and O–H groups in total. The van der Waals surface area contributed by atoms with Crippen LogP contribution in [0.25, 0.3) is 11.0 Å². The molecule has 0 aliphatic rings. The van der Waals surface area contributed by atoms with Crippen LogP contribution >= 0.6 is 15.9 Å². The van der Waals surface area contributed by atoms with E-state index in [4.69, 9.17) is 5.73 Å². The number of hydrogen-bond acceptors (Lipinski definition) is 2. The highest BCUT2D eigenvalue weighted by Crippen LogP contribution is 2.19. The third-order valence-corrected chi connectivity index (χ3v) is 2.42. The molecule has 2 aromatic heterocycles. The number of pyridine rings is 1. The van der Waals surface area contributed by atoms with Crippen LogP contribution in [-0.2, 0) is 4.79 Å². The van der Waals surface area contributed by atoms with Crippen molar-refractivity contribution in [1.29, 1.82) is 0 Å². The molecular weight excluding hydrogens is 270 g/mol. The summed E-state index contributed by atoms with van der Waals surface area (Å²) in [4.78, 5) is 17.7. The number of aromatic nitrogens is 2. The fraction of sp³-hybridized carbons (Fsp3) is 0.0909. The second kappa shape index (κ2) is 4.37. The molecule has 0 radical (unpaired) electrons. The Kier molecular flexibility index (Phi) is 2.93. The van der Waals surface area contributed by atoms with Crippen LogP contribution in [0.4, 0.5) is 0 Å².